The molecule has 0 spiro atoms. The van der Waals surface area contributed by atoms with E-state index >= 15 is 0 Å². The average molecular weight is 459 g/mol. The third kappa shape index (κ3) is 7.90. The number of benzene rings is 3. The van der Waals surface area contributed by atoms with Gasteiger partial charge < -0.3 is 15.4 Å². The largest absolute Gasteiger partial charge is 0.484 e. The van der Waals surface area contributed by atoms with Gasteiger partial charge in [0.25, 0.3) is 5.91 Å². The van der Waals surface area contributed by atoms with Crippen LogP contribution in [-0.4, -0.2) is 30.5 Å². The molecule has 3 amide bonds. The maximum absolute atomic E-state index is 12.1. The predicted octanol–water partition coefficient (Wildman–Crippen LogP) is 2.71. The van der Waals surface area contributed by atoms with E-state index in [2.05, 4.69) is 21.2 Å². The molecule has 8 heteroatoms. The topological polar surface area (TPSA) is 109 Å². The van der Waals surface area contributed by atoms with E-state index in [1.165, 1.54) is 6.21 Å². The van der Waals surface area contributed by atoms with Crippen LogP contribution in [0.15, 0.2) is 90.0 Å². The first kappa shape index (κ1) is 24.2. The van der Waals surface area contributed by atoms with E-state index in [-0.39, 0.29) is 25.1 Å². The SMILES string of the molecule is C[C@@H](NC(=O)COc1ccc(/C=N\NC(=O)C(=O)NCc2ccccc2)cc1)c1ccccc1. The quantitative estimate of drug-likeness (QED) is 0.260. The molecule has 3 aromatic carbocycles. The number of carbonyl (C=O) groups is 3. The van der Waals surface area contributed by atoms with Crippen molar-refractivity contribution in [2.75, 3.05) is 6.61 Å². The summed E-state index contributed by atoms with van der Waals surface area (Å²) in [5.74, 6) is -1.34. The highest BCUT2D eigenvalue weighted by Crippen LogP contribution is 2.13. The number of hydrogen-bond acceptors (Lipinski definition) is 5. The maximum atomic E-state index is 12.1. The van der Waals surface area contributed by atoms with Gasteiger partial charge in [0.05, 0.1) is 12.3 Å². The number of amides is 3. The number of rotatable bonds is 9. The summed E-state index contributed by atoms with van der Waals surface area (Å²) in [6, 6.07) is 25.6. The molecule has 0 aliphatic carbocycles. The first-order chi connectivity index (χ1) is 16.5. The van der Waals surface area contributed by atoms with Gasteiger partial charge in [-0.15, -0.1) is 0 Å². The molecular formula is C26H26N4O4. The Bertz CT molecular complexity index is 1120. The van der Waals surface area contributed by atoms with Crippen LogP contribution >= 0.6 is 0 Å². The molecule has 8 nitrogen and oxygen atoms in total. The molecule has 0 saturated carbocycles. The van der Waals surface area contributed by atoms with E-state index in [4.69, 9.17) is 4.74 Å². The molecule has 0 heterocycles. The van der Waals surface area contributed by atoms with Gasteiger partial charge in [-0.25, -0.2) is 5.43 Å². The maximum Gasteiger partial charge on any atom is 0.329 e. The third-order valence-corrected chi connectivity index (χ3v) is 4.81. The molecule has 0 radical (unpaired) electrons. The molecule has 34 heavy (non-hydrogen) atoms. The smallest absolute Gasteiger partial charge is 0.329 e. The minimum Gasteiger partial charge on any atom is -0.484 e. The zero-order valence-corrected chi connectivity index (χ0v) is 18.7. The van der Waals surface area contributed by atoms with Crippen LogP contribution in [0.5, 0.6) is 5.75 Å². The molecule has 0 bridgehead atoms. The third-order valence-electron chi connectivity index (χ3n) is 4.81. The number of nitrogens with one attached hydrogen (secondary N) is 3. The van der Waals surface area contributed by atoms with Gasteiger partial charge in [0, 0.05) is 6.54 Å². The Kier molecular flexibility index (Phi) is 8.92. The van der Waals surface area contributed by atoms with Gasteiger partial charge in [0.2, 0.25) is 0 Å². The van der Waals surface area contributed by atoms with E-state index in [0.717, 1.165) is 11.1 Å². The Labute approximate surface area is 198 Å². The normalized spacial score (nSPS) is 11.4. The summed E-state index contributed by atoms with van der Waals surface area (Å²) >= 11 is 0. The van der Waals surface area contributed by atoms with Crippen molar-refractivity contribution in [2.45, 2.75) is 19.5 Å². The summed E-state index contributed by atoms with van der Waals surface area (Å²) in [6.07, 6.45) is 1.40. The fraction of sp³-hybridized carbons (Fsp3) is 0.154. The fourth-order valence-corrected chi connectivity index (χ4v) is 2.98. The van der Waals surface area contributed by atoms with Crippen LogP contribution in [0.4, 0.5) is 0 Å². The lowest BCUT2D eigenvalue weighted by Gasteiger charge is -2.14. The Morgan fingerprint density at radius 2 is 1.53 bits per heavy atom. The summed E-state index contributed by atoms with van der Waals surface area (Å²) < 4.78 is 5.52. The molecule has 0 aliphatic heterocycles. The minimum atomic E-state index is -0.858. The molecule has 3 N–H and O–H groups in total. The van der Waals surface area contributed by atoms with Crippen LogP contribution in [-0.2, 0) is 20.9 Å². The Morgan fingerprint density at radius 3 is 2.21 bits per heavy atom. The first-order valence-corrected chi connectivity index (χ1v) is 10.7. The van der Waals surface area contributed by atoms with Crippen molar-refractivity contribution in [2.24, 2.45) is 5.10 Å². The van der Waals surface area contributed by atoms with Crippen molar-refractivity contribution in [3.63, 3.8) is 0 Å². The van der Waals surface area contributed by atoms with Gasteiger partial charge in [0.15, 0.2) is 6.61 Å². The number of ether oxygens (including phenoxy) is 1. The van der Waals surface area contributed by atoms with Crippen molar-refractivity contribution >= 4 is 23.9 Å². The standard InChI is InChI=1S/C26H26N4O4/c1-19(22-10-6-3-7-11-22)29-24(31)18-34-23-14-12-21(13-15-23)17-28-30-26(33)25(32)27-16-20-8-4-2-5-9-20/h2-15,17,19H,16,18H2,1H3,(H,27,32)(H,29,31)(H,30,33)/b28-17-/t19-/m1/s1. The molecule has 3 rings (SSSR count). The molecule has 3 aromatic rings. The Balaban J connectivity index is 1.38. The van der Waals surface area contributed by atoms with Crippen LogP contribution in [0, 0.1) is 0 Å². The highest BCUT2D eigenvalue weighted by Gasteiger charge is 2.12. The lowest BCUT2D eigenvalue weighted by atomic mass is 10.1. The molecule has 0 unspecified atom stereocenters. The van der Waals surface area contributed by atoms with Crippen molar-refractivity contribution in [3.05, 3.63) is 102 Å². The van der Waals surface area contributed by atoms with Crippen molar-refractivity contribution in [3.8, 4) is 5.75 Å². The molecule has 0 fully saturated rings. The van der Waals surface area contributed by atoms with E-state index in [9.17, 15) is 14.4 Å². The second-order valence-electron chi connectivity index (χ2n) is 7.42. The van der Waals surface area contributed by atoms with Crippen molar-refractivity contribution in [1.29, 1.82) is 0 Å². The van der Waals surface area contributed by atoms with Crippen LogP contribution in [0.3, 0.4) is 0 Å². The molecule has 0 saturated heterocycles. The van der Waals surface area contributed by atoms with E-state index < -0.39 is 11.8 Å². The van der Waals surface area contributed by atoms with Gasteiger partial charge in [-0.1, -0.05) is 60.7 Å². The highest BCUT2D eigenvalue weighted by molar-refractivity contribution is 6.35. The fourth-order valence-electron chi connectivity index (χ4n) is 2.98. The van der Waals surface area contributed by atoms with E-state index in [1.807, 2.05) is 67.6 Å². The van der Waals surface area contributed by atoms with Gasteiger partial charge in [0.1, 0.15) is 5.75 Å². The Hall–Kier alpha value is -4.46. The lowest BCUT2D eigenvalue weighted by Crippen LogP contribution is -2.37. The molecule has 1 atom stereocenters. The van der Waals surface area contributed by atoms with Crippen LogP contribution in [0.1, 0.15) is 29.7 Å². The number of hydrazone groups is 1. The zero-order valence-electron chi connectivity index (χ0n) is 18.7. The lowest BCUT2D eigenvalue weighted by molar-refractivity contribution is -0.139. The highest BCUT2D eigenvalue weighted by atomic mass is 16.5. The zero-order chi connectivity index (χ0) is 24.2. The number of nitrogens with zero attached hydrogens (tertiary/aromatic N) is 1. The molecule has 0 aromatic heterocycles. The summed E-state index contributed by atoms with van der Waals surface area (Å²) in [5.41, 5.74) is 4.77. The van der Waals surface area contributed by atoms with Crippen LogP contribution in [0.2, 0.25) is 0 Å². The summed E-state index contributed by atoms with van der Waals surface area (Å²) in [4.78, 5) is 35.8. The first-order valence-electron chi connectivity index (χ1n) is 10.7. The van der Waals surface area contributed by atoms with Crippen molar-refractivity contribution < 1.29 is 19.1 Å². The Morgan fingerprint density at radius 1 is 0.882 bits per heavy atom. The summed E-state index contributed by atoms with van der Waals surface area (Å²) in [5, 5.41) is 9.20. The monoisotopic (exact) mass is 458 g/mol. The van der Waals surface area contributed by atoms with Crippen LogP contribution < -0.4 is 20.8 Å². The van der Waals surface area contributed by atoms with E-state index in [0.29, 0.717) is 11.3 Å². The number of hydrogen-bond donors (Lipinski definition) is 3. The summed E-state index contributed by atoms with van der Waals surface area (Å²) in [7, 11) is 0. The second-order valence-corrected chi connectivity index (χ2v) is 7.42. The summed E-state index contributed by atoms with van der Waals surface area (Å²) in [6.45, 7) is 2.05. The van der Waals surface area contributed by atoms with Gasteiger partial charge >= 0.3 is 11.8 Å². The number of carbonyl (C=O) groups excluding carboxylic acids is 3. The second kappa shape index (κ2) is 12.5. The van der Waals surface area contributed by atoms with Crippen molar-refractivity contribution in [1.82, 2.24) is 16.1 Å². The van der Waals surface area contributed by atoms with E-state index in [1.54, 1.807) is 24.3 Å². The van der Waals surface area contributed by atoms with Gasteiger partial charge in [-0.05, 0) is 47.9 Å². The molecule has 0 aliphatic rings. The molecule has 174 valence electrons. The molecular weight excluding hydrogens is 432 g/mol. The predicted molar refractivity (Wildman–Crippen MR) is 129 cm³/mol. The average Bonchev–Trinajstić information content (AvgIpc) is 2.87. The van der Waals surface area contributed by atoms with Gasteiger partial charge in [-0.2, -0.15) is 5.10 Å². The van der Waals surface area contributed by atoms with Crippen LogP contribution in [0.25, 0.3) is 0 Å². The van der Waals surface area contributed by atoms with Gasteiger partial charge in [-0.3, -0.25) is 14.4 Å². The minimum absolute atomic E-state index is 0.112.